The van der Waals surface area contributed by atoms with Crippen LogP contribution >= 0.6 is 0 Å². The molecular formula is C52H94O6. The first-order chi connectivity index (χ1) is 28.5. The van der Waals surface area contributed by atoms with Crippen LogP contribution in [0.5, 0.6) is 0 Å². The first-order valence-electron chi connectivity index (χ1n) is 25.0. The van der Waals surface area contributed by atoms with Gasteiger partial charge in [-0.25, -0.2) is 0 Å². The largest absolute Gasteiger partial charge is 0.462 e. The molecule has 338 valence electrons. The standard InChI is InChI=1S/C52H94O6/c1-4-7-10-13-16-19-22-24-26-28-30-33-36-39-42-45-51(54)57-48-49(47-56-50(53)44-41-38-35-32-21-18-15-12-9-6-3)58-52(55)46-43-40-37-34-31-29-27-25-23-20-17-14-11-8-5-2/h16,19,24,26,30,33,49H,4-15,17-18,20-23,25,27-29,31-32,34-48H2,1-3H3/b19-16-,26-24-,33-30-/t49-/m1/s1. The van der Waals surface area contributed by atoms with E-state index in [0.29, 0.717) is 19.3 Å². The van der Waals surface area contributed by atoms with E-state index >= 15 is 0 Å². The smallest absolute Gasteiger partial charge is 0.306 e. The molecule has 0 radical (unpaired) electrons. The lowest BCUT2D eigenvalue weighted by Crippen LogP contribution is -2.30. The van der Waals surface area contributed by atoms with Crippen molar-refractivity contribution in [3.8, 4) is 0 Å². The summed E-state index contributed by atoms with van der Waals surface area (Å²) in [5.41, 5.74) is 0. The summed E-state index contributed by atoms with van der Waals surface area (Å²) in [6.07, 6.45) is 54.1. The first kappa shape index (κ1) is 55.6. The van der Waals surface area contributed by atoms with Crippen LogP contribution in [0.25, 0.3) is 0 Å². The van der Waals surface area contributed by atoms with Gasteiger partial charge >= 0.3 is 17.9 Å². The predicted molar refractivity (Wildman–Crippen MR) is 247 cm³/mol. The third-order valence-electron chi connectivity index (χ3n) is 10.9. The highest BCUT2D eigenvalue weighted by molar-refractivity contribution is 5.71. The van der Waals surface area contributed by atoms with Gasteiger partial charge < -0.3 is 14.2 Å². The number of allylic oxidation sites excluding steroid dienone is 6. The van der Waals surface area contributed by atoms with Gasteiger partial charge in [0.05, 0.1) is 0 Å². The van der Waals surface area contributed by atoms with E-state index in [1.807, 2.05) is 0 Å². The minimum absolute atomic E-state index is 0.0804. The summed E-state index contributed by atoms with van der Waals surface area (Å²) in [6, 6.07) is 0. The Morgan fingerprint density at radius 1 is 0.345 bits per heavy atom. The van der Waals surface area contributed by atoms with E-state index in [1.54, 1.807) is 0 Å². The number of rotatable bonds is 45. The van der Waals surface area contributed by atoms with Gasteiger partial charge in [-0.1, -0.05) is 218 Å². The molecule has 0 saturated carbocycles. The van der Waals surface area contributed by atoms with Crippen LogP contribution < -0.4 is 0 Å². The minimum Gasteiger partial charge on any atom is -0.462 e. The number of ether oxygens (including phenoxy) is 3. The summed E-state index contributed by atoms with van der Waals surface area (Å²) in [5, 5.41) is 0. The second-order valence-electron chi connectivity index (χ2n) is 16.7. The van der Waals surface area contributed by atoms with E-state index in [9.17, 15) is 14.4 Å². The second-order valence-corrected chi connectivity index (χ2v) is 16.7. The molecular weight excluding hydrogens is 721 g/mol. The maximum Gasteiger partial charge on any atom is 0.306 e. The Hall–Kier alpha value is -2.37. The predicted octanol–water partition coefficient (Wildman–Crippen LogP) is 16.1. The van der Waals surface area contributed by atoms with E-state index in [2.05, 4.69) is 57.2 Å². The normalized spacial score (nSPS) is 12.3. The van der Waals surface area contributed by atoms with Gasteiger partial charge in [0.25, 0.3) is 0 Å². The number of hydrogen-bond acceptors (Lipinski definition) is 6. The molecule has 0 amide bonds. The van der Waals surface area contributed by atoms with Gasteiger partial charge in [-0.15, -0.1) is 0 Å². The van der Waals surface area contributed by atoms with Crippen molar-refractivity contribution in [3.05, 3.63) is 36.5 Å². The van der Waals surface area contributed by atoms with Crippen LogP contribution in [0.1, 0.15) is 258 Å². The molecule has 0 N–H and O–H groups in total. The Morgan fingerprint density at radius 2 is 0.621 bits per heavy atom. The molecule has 0 aliphatic heterocycles. The molecule has 1 atom stereocenters. The van der Waals surface area contributed by atoms with Crippen molar-refractivity contribution in [1.29, 1.82) is 0 Å². The summed E-state index contributed by atoms with van der Waals surface area (Å²) in [7, 11) is 0. The van der Waals surface area contributed by atoms with E-state index < -0.39 is 6.10 Å². The molecule has 6 heteroatoms. The SMILES string of the molecule is CCCCC/C=C\C/C=C\C/C=C\CCCCC(=O)OC[C@@H](COC(=O)CCCCCCCCCCCC)OC(=O)CCCCCCCCCCCCCCCCC. The van der Waals surface area contributed by atoms with Gasteiger partial charge in [0.2, 0.25) is 0 Å². The van der Waals surface area contributed by atoms with Crippen LogP contribution in [0, 0.1) is 0 Å². The lowest BCUT2D eigenvalue weighted by molar-refractivity contribution is -0.167. The van der Waals surface area contributed by atoms with E-state index in [1.165, 1.54) is 148 Å². The number of esters is 3. The molecule has 0 unspecified atom stereocenters. The fraction of sp³-hybridized carbons (Fsp3) is 0.827. The van der Waals surface area contributed by atoms with Crippen molar-refractivity contribution in [3.63, 3.8) is 0 Å². The summed E-state index contributed by atoms with van der Waals surface area (Å²) in [6.45, 7) is 6.58. The molecule has 0 aliphatic carbocycles. The topological polar surface area (TPSA) is 78.9 Å². The third kappa shape index (κ3) is 44.7. The summed E-state index contributed by atoms with van der Waals surface area (Å²) >= 11 is 0. The molecule has 0 saturated heterocycles. The van der Waals surface area contributed by atoms with Crippen molar-refractivity contribution < 1.29 is 28.6 Å². The summed E-state index contributed by atoms with van der Waals surface area (Å²) < 4.78 is 16.7. The highest BCUT2D eigenvalue weighted by Crippen LogP contribution is 2.15. The molecule has 0 aliphatic rings. The molecule has 0 spiro atoms. The Labute approximate surface area is 359 Å². The number of unbranched alkanes of at least 4 members (excludes halogenated alkanes) is 28. The highest BCUT2D eigenvalue weighted by atomic mass is 16.6. The summed E-state index contributed by atoms with van der Waals surface area (Å²) in [4.78, 5) is 37.8. The Kier molecular flexibility index (Phi) is 45.4. The lowest BCUT2D eigenvalue weighted by Gasteiger charge is -2.18. The third-order valence-corrected chi connectivity index (χ3v) is 10.9. The van der Waals surface area contributed by atoms with Gasteiger partial charge in [-0.05, 0) is 57.8 Å². The molecule has 0 aromatic rings. The van der Waals surface area contributed by atoms with E-state index in [-0.39, 0.29) is 31.1 Å². The lowest BCUT2D eigenvalue weighted by atomic mass is 10.0. The summed E-state index contributed by atoms with van der Waals surface area (Å²) in [5.74, 6) is -0.913. The van der Waals surface area contributed by atoms with Crippen LogP contribution in [0.15, 0.2) is 36.5 Å². The average molecular weight is 815 g/mol. The second kappa shape index (κ2) is 47.3. The van der Waals surface area contributed by atoms with Crippen LogP contribution in [0.4, 0.5) is 0 Å². The van der Waals surface area contributed by atoms with Gasteiger partial charge in [-0.2, -0.15) is 0 Å². The molecule has 0 aromatic carbocycles. The molecule has 0 heterocycles. The Morgan fingerprint density at radius 3 is 1.00 bits per heavy atom. The quantitative estimate of drug-likeness (QED) is 0.0264. The average Bonchev–Trinajstić information content (AvgIpc) is 3.22. The van der Waals surface area contributed by atoms with Crippen LogP contribution in [0.2, 0.25) is 0 Å². The zero-order chi connectivity index (χ0) is 42.3. The van der Waals surface area contributed by atoms with Gasteiger partial charge in [0.1, 0.15) is 13.2 Å². The number of carbonyl (C=O) groups excluding carboxylic acids is 3. The van der Waals surface area contributed by atoms with Crippen LogP contribution in [0.3, 0.4) is 0 Å². The first-order valence-corrected chi connectivity index (χ1v) is 25.0. The van der Waals surface area contributed by atoms with Gasteiger partial charge in [-0.3, -0.25) is 14.4 Å². The van der Waals surface area contributed by atoms with Gasteiger partial charge in [0.15, 0.2) is 6.10 Å². The highest BCUT2D eigenvalue weighted by Gasteiger charge is 2.19. The monoisotopic (exact) mass is 815 g/mol. The molecule has 0 aromatic heterocycles. The van der Waals surface area contributed by atoms with E-state index in [0.717, 1.165) is 70.6 Å². The zero-order valence-corrected chi connectivity index (χ0v) is 38.6. The maximum atomic E-state index is 12.8. The number of carbonyl (C=O) groups is 3. The van der Waals surface area contributed by atoms with E-state index in [4.69, 9.17) is 14.2 Å². The molecule has 0 rings (SSSR count). The van der Waals surface area contributed by atoms with Gasteiger partial charge in [0, 0.05) is 19.3 Å². The maximum absolute atomic E-state index is 12.8. The van der Waals surface area contributed by atoms with Crippen molar-refractivity contribution >= 4 is 17.9 Å². The number of hydrogen-bond donors (Lipinski definition) is 0. The molecule has 0 bridgehead atoms. The fourth-order valence-corrected chi connectivity index (χ4v) is 7.10. The van der Waals surface area contributed by atoms with Crippen molar-refractivity contribution in [1.82, 2.24) is 0 Å². The molecule has 58 heavy (non-hydrogen) atoms. The van der Waals surface area contributed by atoms with Crippen molar-refractivity contribution in [2.24, 2.45) is 0 Å². The van der Waals surface area contributed by atoms with Crippen LogP contribution in [-0.2, 0) is 28.6 Å². The zero-order valence-electron chi connectivity index (χ0n) is 38.6. The van der Waals surface area contributed by atoms with Crippen molar-refractivity contribution in [2.75, 3.05) is 13.2 Å². The van der Waals surface area contributed by atoms with Crippen LogP contribution in [-0.4, -0.2) is 37.2 Å². The Bertz CT molecular complexity index is 984. The molecule has 6 nitrogen and oxygen atoms in total. The fourth-order valence-electron chi connectivity index (χ4n) is 7.10. The van der Waals surface area contributed by atoms with Crippen molar-refractivity contribution in [2.45, 2.75) is 264 Å². The molecule has 0 fully saturated rings. The minimum atomic E-state index is -0.781. The Balaban J connectivity index is 4.39.